The zero-order valence-corrected chi connectivity index (χ0v) is 14.7. The van der Waals surface area contributed by atoms with Crippen molar-refractivity contribution in [1.82, 2.24) is 4.98 Å². The second kappa shape index (κ2) is 7.42. The van der Waals surface area contributed by atoms with Crippen LogP contribution in [0.15, 0.2) is 41.0 Å². The van der Waals surface area contributed by atoms with Crippen LogP contribution < -0.4 is 9.04 Å². The van der Waals surface area contributed by atoms with Crippen LogP contribution in [0.3, 0.4) is 0 Å². The van der Waals surface area contributed by atoms with Gasteiger partial charge in [0.25, 0.3) is 0 Å². The van der Waals surface area contributed by atoms with Crippen molar-refractivity contribution in [3.05, 3.63) is 46.6 Å². The maximum absolute atomic E-state index is 11.7. The Labute approximate surface area is 143 Å². The molecule has 1 heterocycles. The minimum absolute atomic E-state index is 0.194. The Kier molecular flexibility index (Phi) is 5.56. The van der Waals surface area contributed by atoms with Crippen molar-refractivity contribution in [1.29, 1.82) is 0 Å². The molecule has 9 heteroatoms. The lowest BCUT2D eigenvalue weighted by molar-refractivity contribution is 0.0600. The number of hydrogen-bond acceptors (Lipinski definition) is 6. The number of carbonyl (C=O) groups excluding carboxylic acids is 1. The number of methoxy groups -OCH3 is 2. The van der Waals surface area contributed by atoms with Crippen LogP contribution in [0.2, 0.25) is 0 Å². The predicted octanol–water partition coefficient (Wildman–Crippen LogP) is 2.30. The number of hydrogen-bond donors (Lipinski definition) is 1. The largest absolute Gasteiger partial charge is 0.495 e. The molecule has 0 saturated heterocycles. The Morgan fingerprint density at radius 1 is 1.22 bits per heavy atom. The van der Waals surface area contributed by atoms with E-state index in [0.29, 0.717) is 4.60 Å². The molecule has 23 heavy (non-hydrogen) atoms. The number of anilines is 2. The summed E-state index contributed by atoms with van der Waals surface area (Å²) in [5.74, 6) is -0.151. The lowest BCUT2D eigenvalue weighted by Crippen LogP contribution is -2.17. The van der Waals surface area contributed by atoms with Crippen molar-refractivity contribution < 1.29 is 22.7 Å². The van der Waals surface area contributed by atoms with Crippen LogP contribution in [0, 0.1) is 0 Å². The summed E-state index contributed by atoms with van der Waals surface area (Å²) in [4.78, 5) is 15.7. The molecule has 0 aliphatic heterocycles. The number of thiol groups is 1. The van der Waals surface area contributed by atoms with E-state index in [1.807, 2.05) is 0 Å². The maximum atomic E-state index is 11.7. The van der Waals surface area contributed by atoms with E-state index in [2.05, 4.69) is 25.7 Å². The highest BCUT2D eigenvalue weighted by atomic mass is 79.9. The first-order valence-electron chi connectivity index (χ1n) is 6.31. The third kappa shape index (κ3) is 3.80. The van der Waals surface area contributed by atoms with Gasteiger partial charge in [-0.25, -0.2) is 22.5 Å². The van der Waals surface area contributed by atoms with Gasteiger partial charge in [0.2, 0.25) is 10.9 Å². The Morgan fingerprint density at radius 2 is 1.96 bits per heavy atom. The Morgan fingerprint density at radius 3 is 2.52 bits per heavy atom. The first-order chi connectivity index (χ1) is 11.0. The van der Waals surface area contributed by atoms with E-state index < -0.39 is 16.9 Å². The third-order valence-electron chi connectivity index (χ3n) is 2.91. The number of halogens is 1. The molecule has 2 aromatic rings. The molecule has 0 aliphatic rings. The summed E-state index contributed by atoms with van der Waals surface area (Å²) in [5, 5.41) is 0. The number of esters is 1. The Balaban J connectivity index is 2.58. The van der Waals surface area contributed by atoms with Crippen LogP contribution in [0.25, 0.3) is 0 Å². The molecule has 1 aromatic heterocycles. The average Bonchev–Trinajstić information content (AvgIpc) is 2.54. The van der Waals surface area contributed by atoms with E-state index in [-0.39, 0.29) is 22.8 Å². The van der Waals surface area contributed by atoms with Crippen molar-refractivity contribution in [2.75, 3.05) is 18.5 Å². The molecular formula is C14H13BrN2O5S. The molecule has 0 fully saturated rings. The molecule has 2 rings (SSSR count). The first kappa shape index (κ1) is 17.2. The van der Waals surface area contributed by atoms with Gasteiger partial charge in [-0.15, -0.1) is 0 Å². The van der Waals surface area contributed by atoms with E-state index in [0.717, 1.165) is 4.31 Å². The smallest absolute Gasteiger partial charge is 0.337 e. The molecule has 0 radical (unpaired) electrons. The molecule has 0 amide bonds. The van der Waals surface area contributed by atoms with Crippen molar-refractivity contribution in [3.8, 4) is 5.75 Å². The highest BCUT2D eigenvalue weighted by Crippen LogP contribution is 2.34. The van der Waals surface area contributed by atoms with Crippen LogP contribution in [0.4, 0.5) is 11.5 Å². The second-order valence-corrected chi connectivity index (χ2v) is 5.93. The van der Waals surface area contributed by atoms with Gasteiger partial charge in [-0.2, -0.15) is 0 Å². The van der Waals surface area contributed by atoms with Gasteiger partial charge in [-0.05, 0) is 46.3 Å². The minimum atomic E-state index is -3.03. The number of benzene rings is 1. The maximum Gasteiger partial charge on any atom is 0.337 e. The molecular weight excluding hydrogens is 388 g/mol. The molecule has 0 N–H and O–H groups in total. The summed E-state index contributed by atoms with van der Waals surface area (Å²) in [5.41, 5.74) is 0.484. The van der Waals surface area contributed by atoms with E-state index in [4.69, 9.17) is 4.74 Å². The van der Waals surface area contributed by atoms with Crippen LogP contribution in [0.1, 0.15) is 10.4 Å². The number of aromatic nitrogens is 1. The van der Waals surface area contributed by atoms with Crippen molar-refractivity contribution in [2.45, 2.75) is 0 Å². The van der Waals surface area contributed by atoms with Gasteiger partial charge in [-0.3, -0.25) is 0 Å². The van der Waals surface area contributed by atoms with Gasteiger partial charge in [0.05, 0.1) is 19.8 Å². The molecule has 1 aromatic carbocycles. The number of ether oxygens (including phenoxy) is 2. The van der Waals surface area contributed by atoms with Gasteiger partial charge >= 0.3 is 5.97 Å². The number of rotatable bonds is 5. The zero-order chi connectivity index (χ0) is 17.0. The molecule has 7 nitrogen and oxygen atoms in total. The molecule has 0 atom stereocenters. The van der Waals surface area contributed by atoms with E-state index in [1.54, 1.807) is 18.2 Å². The predicted molar refractivity (Wildman–Crippen MR) is 88.7 cm³/mol. The summed E-state index contributed by atoms with van der Waals surface area (Å²) < 4.78 is 34.8. The fraction of sp³-hybridized carbons (Fsp3) is 0.143. The summed E-state index contributed by atoms with van der Waals surface area (Å²) in [6.45, 7) is 0. The van der Waals surface area contributed by atoms with Crippen LogP contribution >= 0.6 is 15.9 Å². The monoisotopic (exact) mass is 400 g/mol. The summed E-state index contributed by atoms with van der Waals surface area (Å²) in [7, 11) is -0.387. The van der Waals surface area contributed by atoms with Crippen molar-refractivity contribution >= 4 is 44.3 Å². The number of nitrogens with zero attached hydrogens (tertiary/aromatic N) is 2. The van der Waals surface area contributed by atoms with Crippen molar-refractivity contribution in [3.63, 3.8) is 0 Å². The molecule has 0 saturated carbocycles. The van der Waals surface area contributed by atoms with Gasteiger partial charge in [-0.1, -0.05) is 6.07 Å². The summed E-state index contributed by atoms with van der Waals surface area (Å²) in [6.07, 6.45) is 0. The van der Waals surface area contributed by atoms with Crippen LogP contribution in [-0.2, 0) is 15.6 Å². The van der Waals surface area contributed by atoms with E-state index >= 15 is 0 Å². The third-order valence-corrected chi connectivity index (χ3v) is 4.10. The number of carbonyl (C=O) groups is 1. The van der Waals surface area contributed by atoms with E-state index in [9.17, 15) is 13.2 Å². The number of pyridine rings is 1. The first-order valence-corrected chi connectivity index (χ1v) is 8.23. The standard InChI is InChI=1S/C14H13BrN2O5S/c1-21-11-8-9(14(18)22-2)6-7-10(11)17(23(19)20)13-5-3-4-12(15)16-13/h3-8,23H,1-2H3. The molecule has 0 bridgehead atoms. The fourth-order valence-corrected chi connectivity index (χ4v) is 2.86. The fourth-order valence-electron chi connectivity index (χ4n) is 1.91. The highest BCUT2D eigenvalue weighted by Gasteiger charge is 2.20. The van der Waals surface area contributed by atoms with Gasteiger partial charge in [0.1, 0.15) is 21.9 Å². The Hall–Kier alpha value is -2.13. The highest BCUT2D eigenvalue weighted by molar-refractivity contribution is 9.10. The van der Waals surface area contributed by atoms with Gasteiger partial charge in [0, 0.05) is 0 Å². The topological polar surface area (TPSA) is 85.8 Å². The molecule has 122 valence electrons. The summed E-state index contributed by atoms with van der Waals surface area (Å²) in [6, 6.07) is 9.20. The van der Waals surface area contributed by atoms with Crippen LogP contribution in [-0.4, -0.2) is 33.6 Å². The SMILES string of the molecule is COC(=O)c1ccc(N(c2cccc(Br)n2)[SH](=O)=O)c(OC)c1. The van der Waals surface area contributed by atoms with E-state index in [1.165, 1.54) is 32.4 Å². The lowest BCUT2D eigenvalue weighted by atomic mass is 10.2. The average molecular weight is 401 g/mol. The lowest BCUT2D eigenvalue weighted by Gasteiger charge is -2.19. The van der Waals surface area contributed by atoms with Gasteiger partial charge in [0.15, 0.2) is 0 Å². The Bertz CT molecular complexity index is 802. The quantitative estimate of drug-likeness (QED) is 0.470. The molecule has 0 aliphatic carbocycles. The van der Waals surface area contributed by atoms with Crippen LogP contribution in [0.5, 0.6) is 5.75 Å². The molecule has 0 spiro atoms. The summed E-state index contributed by atoms with van der Waals surface area (Å²) >= 11 is 3.20. The minimum Gasteiger partial charge on any atom is -0.495 e. The van der Waals surface area contributed by atoms with Crippen molar-refractivity contribution in [2.24, 2.45) is 0 Å². The second-order valence-electron chi connectivity index (χ2n) is 4.25. The zero-order valence-electron chi connectivity index (χ0n) is 12.2. The molecule has 0 unspecified atom stereocenters. The normalized spacial score (nSPS) is 10.4. The van der Waals surface area contributed by atoms with Gasteiger partial charge < -0.3 is 9.47 Å².